The number of hydrogen-bond donors (Lipinski definition) is 2. The van der Waals surface area contributed by atoms with E-state index in [9.17, 15) is 23.6 Å². The van der Waals surface area contributed by atoms with Crippen LogP contribution < -0.4 is 21.9 Å². The fraction of sp³-hybridized carbons (Fsp3) is 0.370. The second kappa shape index (κ2) is 12.1. The summed E-state index contributed by atoms with van der Waals surface area (Å²) in [5.41, 5.74) is -0.153. The molecule has 1 unspecified atom stereocenters. The van der Waals surface area contributed by atoms with Crippen LogP contribution in [-0.2, 0) is 20.8 Å². The van der Waals surface area contributed by atoms with Gasteiger partial charge < -0.3 is 25.0 Å². The molecule has 0 spiro atoms. The molecule has 2 aromatic carbocycles. The molecule has 0 saturated carbocycles. The highest BCUT2D eigenvalue weighted by Crippen LogP contribution is 2.20. The lowest BCUT2D eigenvalue weighted by atomic mass is 10.2. The molecular formula is C27H29FN6O6. The third-order valence-corrected chi connectivity index (χ3v) is 6.46. The number of aromatic nitrogens is 2. The summed E-state index contributed by atoms with van der Waals surface area (Å²) in [4.78, 5) is 53.3. The van der Waals surface area contributed by atoms with E-state index in [4.69, 9.17) is 14.7 Å². The Morgan fingerprint density at radius 3 is 2.58 bits per heavy atom. The van der Waals surface area contributed by atoms with Crippen LogP contribution in [0.3, 0.4) is 0 Å². The molecule has 1 atom stereocenters. The molecule has 2 heterocycles. The lowest BCUT2D eigenvalue weighted by Crippen LogP contribution is -2.51. The van der Waals surface area contributed by atoms with Crippen molar-refractivity contribution in [2.75, 3.05) is 44.0 Å². The molecule has 1 aliphatic heterocycles. The largest absolute Gasteiger partial charge is 0.383 e. The summed E-state index contributed by atoms with van der Waals surface area (Å²) < 4.78 is 27.1. The summed E-state index contributed by atoms with van der Waals surface area (Å²) in [5.74, 6) is -1.34. The number of halogens is 1. The van der Waals surface area contributed by atoms with Gasteiger partial charge in [-0.25, -0.2) is 14.0 Å². The smallest absolute Gasteiger partial charge is 0.331 e. The Morgan fingerprint density at radius 2 is 1.90 bits per heavy atom. The van der Waals surface area contributed by atoms with Gasteiger partial charge in [-0.3, -0.25) is 18.7 Å². The van der Waals surface area contributed by atoms with Gasteiger partial charge in [0.15, 0.2) is 6.10 Å². The quantitative estimate of drug-likeness (QED) is 0.457. The SMILES string of the molecule is COCCn1c(=O)c2cc(NC(=O)N3CCOC(C(=O)Nc4ccc(C#N)c(F)c4)C3)ccc2n(C(C)C)c1=O. The second-order valence-corrected chi connectivity index (χ2v) is 9.46. The number of rotatable bonds is 7. The number of anilines is 2. The molecule has 1 fully saturated rings. The Balaban J connectivity index is 1.51. The molecule has 0 bridgehead atoms. The lowest BCUT2D eigenvalue weighted by Gasteiger charge is -2.32. The van der Waals surface area contributed by atoms with Crippen molar-refractivity contribution in [3.05, 3.63) is 68.6 Å². The first-order chi connectivity index (χ1) is 19.1. The van der Waals surface area contributed by atoms with Crippen LogP contribution in [0.25, 0.3) is 10.9 Å². The maximum absolute atomic E-state index is 13.9. The molecule has 1 aliphatic rings. The van der Waals surface area contributed by atoms with Crippen LogP contribution in [0.1, 0.15) is 25.5 Å². The average molecular weight is 553 g/mol. The Kier molecular flexibility index (Phi) is 8.61. The van der Waals surface area contributed by atoms with Gasteiger partial charge in [-0.1, -0.05) is 0 Å². The molecule has 210 valence electrons. The lowest BCUT2D eigenvalue weighted by molar-refractivity contribution is -0.131. The number of methoxy groups -OCH3 is 1. The topological polar surface area (TPSA) is 148 Å². The second-order valence-electron chi connectivity index (χ2n) is 9.46. The molecule has 0 radical (unpaired) electrons. The average Bonchev–Trinajstić information content (AvgIpc) is 2.93. The van der Waals surface area contributed by atoms with Gasteiger partial charge in [-0.2, -0.15) is 5.26 Å². The van der Waals surface area contributed by atoms with E-state index in [0.717, 1.165) is 10.6 Å². The van der Waals surface area contributed by atoms with E-state index in [2.05, 4.69) is 10.6 Å². The number of carbonyl (C=O) groups excluding carboxylic acids is 2. The number of hydrogen-bond acceptors (Lipinski definition) is 7. The Morgan fingerprint density at radius 1 is 1.18 bits per heavy atom. The van der Waals surface area contributed by atoms with E-state index in [1.807, 2.05) is 13.8 Å². The predicted molar refractivity (Wildman–Crippen MR) is 145 cm³/mol. The van der Waals surface area contributed by atoms with Crippen LogP contribution in [0.15, 0.2) is 46.0 Å². The minimum absolute atomic E-state index is 0.0687. The predicted octanol–water partition coefficient (Wildman–Crippen LogP) is 2.27. The zero-order valence-corrected chi connectivity index (χ0v) is 22.3. The normalized spacial score (nSPS) is 15.2. The van der Waals surface area contributed by atoms with Crippen molar-refractivity contribution >= 4 is 34.2 Å². The first kappa shape index (κ1) is 28.5. The third-order valence-electron chi connectivity index (χ3n) is 6.46. The number of nitrogens with zero attached hydrogens (tertiary/aromatic N) is 4. The van der Waals surface area contributed by atoms with Crippen LogP contribution in [-0.4, -0.2) is 65.5 Å². The highest BCUT2D eigenvalue weighted by Gasteiger charge is 2.30. The third kappa shape index (κ3) is 5.88. The summed E-state index contributed by atoms with van der Waals surface area (Å²) in [7, 11) is 1.48. The van der Waals surface area contributed by atoms with Gasteiger partial charge in [0.1, 0.15) is 11.9 Å². The molecule has 3 aromatic rings. The van der Waals surface area contributed by atoms with Crippen LogP contribution in [0.2, 0.25) is 0 Å². The molecule has 40 heavy (non-hydrogen) atoms. The van der Waals surface area contributed by atoms with E-state index < -0.39 is 35.1 Å². The number of amides is 3. The van der Waals surface area contributed by atoms with Gasteiger partial charge in [-0.05, 0) is 50.2 Å². The maximum atomic E-state index is 13.9. The number of nitrogens with one attached hydrogen (secondary N) is 2. The molecule has 3 amide bonds. The number of urea groups is 1. The number of fused-ring (bicyclic) bond motifs is 1. The van der Waals surface area contributed by atoms with Crippen molar-refractivity contribution in [3.8, 4) is 6.07 Å². The van der Waals surface area contributed by atoms with Gasteiger partial charge in [0, 0.05) is 31.1 Å². The Bertz CT molecular complexity index is 1610. The van der Waals surface area contributed by atoms with Crippen molar-refractivity contribution in [2.45, 2.75) is 32.5 Å². The number of ether oxygens (including phenoxy) is 2. The highest BCUT2D eigenvalue weighted by atomic mass is 19.1. The fourth-order valence-corrected chi connectivity index (χ4v) is 4.44. The van der Waals surface area contributed by atoms with Gasteiger partial charge in [-0.15, -0.1) is 0 Å². The van der Waals surface area contributed by atoms with Crippen molar-refractivity contribution in [1.29, 1.82) is 5.26 Å². The fourth-order valence-electron chi connectivity index (χ4n) is 4.44. The standard InChI is InChI=1S/C27H29FN6O6/c1-16(2)34-22-7-6-18(12-20(22)25(36)33(27(34)38)9-10-39-3)31-26(37)32-8-11-40-23(15-32)24(35)30-19-5-4-17(14-29)21(28)13-19/h4-7,12-13,16,23H,8-11,15H2,1-3H3,(H,30,35)(H,31,37). The number of nitriles is 1. The van der Waals surface area contributed by atoms with Gasteiger partial charge >= 0.3 is 11.7 Å². The van der Waals surface area contributed by atoms with Crippen LogP contribution in [0.5, 0.6) is 0 Å². The Labute approximate surface area is 228 Å². The van der Waals surface area contributed by atoms with Crippen molar-refractivity contribution in [3.63, 3.8) is 0 Å². The maximum Gasteiger partial charge on any atom is 0.331 e. The van der Waals surface area contributed by atoms with E-state index in [0.29, 0.717) is 11.2 Å². The minimum atomic E-state index is -1.01. The first-order valence-electron chi connectivity index (χ1n) is 12.6. The van der Waals surface area contributed by atoms with Crippen molar-refractivity contribution in [1.82, 2.24) is 14.0 Å². The Hall–Kier alpha value is -4.54. The molecular weight excluding hydrogens is 523 g/mol. The minimum Gasteiger partial charge on any atom is -0.383 e. The van der Waals surface area contributed by atoms with Gasteiger partial charge in [0.05, 0.1) is 42.8 Å². The molecule has 2 N–H and O–H groups in total. The van der Waals surface area contributed by atoms with E-state index in [1.165, 1.54) is 34.8 Å². The molecule has 0 aliphatic carbocycles. The number of carbonyl (C=O) groups is 2. The molecule has 4 rings (SSSR count). The molecule has 12 nitrogen and oxygen atoms in total. The van der Waals surface area contributed by atoms with Crippen LogP contribution in [0, 0.1) is 17.1 Å². The van der Waals surface area contributed by atoms with Crippen LogP contribution >= 0.6 is 0 Å². The monoisotopic (exact) mass is 552 g/mol. The summed E-state index contributed by atoms with van der Waals surface area (Å²) in [6.07, 6.45) is -1.01. The zero-order chi connectivity index (χ0) is 29.0. The van der Waals surface area contributed by atoms with E-state index >= 15 is 0 Å². The first-order valence-corrected chi connectivity index (χ1v) is 12.6. The summed E-state index contributed by atoms with van der Waals surface area (Å²) in [6.45, 7) is 4.18. The van der Waals surface area contributed by atoms with Crippen molar-refractivity contribution in [2.24, 2.45) is 0 Å². The summed E-state index contributed by atoms with van der Waals surface area (Å²) in [5, 5.41) is 14.4. The molecule has 1 aromatic heterocycles. The number of morpholine rings is 1. The van der Waals surface area contributed by atoms with Crippen molar-refractivity contribution < 1.29 is 23.5 Å². The summed E-state index contributed by atoms with van der Waals surface area (Å²) >= 11 is 0. The zero-order valence-electron chi connectivity index (χ0n) is 22.3. The highest BCUT2D eigenvalue weighted by molar-refractivity contribution is 5.96. The van der Waals surface area contributed by atoms with Gasteiger partial charge in [0.25, 0.3) is 11.5 Å². The summed E-state index contributed by atoms with van der Waals surface area (Å²) in [6, 6.07) is 9.39. The molecule has 1 saturated heterocycles. The van der Waals surface area contributed by atoms with Gasteiger partial charge in [0.2, 0.25) is 0 Å². The van der Waals surface area contributed by atoms with Crippen LogP contribution in [0.4, 0.5) is 20.6 Å². The van der Waals surface area contributed by atoms with E-state index in [-0.39, 0.29) is 55.5 Å². The molecule has 13 heteroatoms. The number of benzene rings is 2. The van der Waals surface area contributed by atoms with E-state index in [1.54, 1.807) is 18.2 Å².